The Kier molecular flexibility index (Phi) is 3.69. The molecule has 4 aliphatic rings. The van der Waals surface area contributed by atoms with Crippen LogP contribution in [0.15, 0.2) is 35.3 Å². The second kappa shape index (κ2) is 6.10. The number of pyridine rings is 1. The molecule has 4 fully saturated rings. The van der Waals surface area contributed by atoms with E-state index in [4.69, 9.17) is 5.11 Å². The zero-order chi connectivity index (χ0) is 19.8. The average Bonchev–Trinajstić information content (AvgIpc) is 3.53. The van der Waals surface area contributed by atoms with E-state index in [9.17, 15) is 9.59 Å². The number of amides is 1. The van der Waals surface area contributed by atoms with E-state index < -0.39 is 6.09 Å². The molecule has 0 aliphatic heterocycles. The van der Waals surface area contributed by atoms with Crippen molar-refractivity contribution in [1.29, 1.82) is 0 Å². The van der Waals surface area contributed by atoms with Crippen molar-refractivity contribution in [2.45, 2.75) is 69.4 Å². The van der Waals surface area contributed by atoms with Gasteiger partial charge >= 0.3 is 6.09 Å². The summed E-state index contributed by atoms with van der Waals surface area (Å²) in [6.45, 7) is 0. The molecule has 1 amide bonds. The van der Waals surface area contributed by atoms with E-state index in [2.05, 4.69) is 22.1 Å². The van der Waals surface area contributed by atoms with Gasteiger partial charge in [0.05, 0.1) is 0 Å². The summed E-state index contributed by atoms with van der Waals surface area (Å²) in [6.07, 6.45) is 10.5. The van der Waals surface area contributed by atoms with E-state index in [1.165, 1.54) is 31.2 Å². The highest BCUT2D eigenvalue weighted by Crippen LogP contribution is 2.62. The first-order valence-electron chi connectivity index (χ1n) is 11.2. The Morgan fingerprint density at radius 3 is 2.24 bits per heavy atom. The van der Waals surface area contributed by atoms with Crippen molar-refractivity contribution in [3.63, 3.8) is 0 Å². The number of benzene rings is 1. The molecule has 0 saturated heterocycles. The van der Waals surface area contributed by atoms with Crippen molar-refractivity contribution in [3.05, 3.63) is 46.4 Å². The lowest BCUT2D eigenvalue weighted by Gasteiger charge is -2.58. The van der Waals surface area contributed by atoms with Gasteiger partial charge in [-0.25, -0.2) is 4.79 Å². The van der Waals surface area contributed by atoms with E-state index >= 15 is 0 Å². The summed E-state index contributed by atoms with van der Waals surface area (Å²) in [5.74, 6) is 1.87. The van der Waals surface area contributed by atoms with Crippen LogP contribution < -0.4 is 10.9 Å². The highest BCUT2D eigenvalue weighted by Gasteiger charge is 2.54. The van der Waals surface area contributed by atoms with Gasteiger partial charge in [0.15, 0.2) is 0 Å². The lowest BCUT2D eigenvalue weighted by atomic mass is 9.49. The number of carbonyl (C=O) groups is 1. The van der Waals surface area contributed by atoms with Crippen molar-refractivity contribution in [2.24, 2.45) is 17.3 Å². The molecule has 29 heavy (non-hydrogen) atoms. The number of nitrogens with one attached hydrogen (secondary N) is 1. The van der Waals surface area contributed by atoms with E-state index in [1.54, 1.807) is 0 Å². The molecule has 6 rings (SSSR count). The highest BCUT2D eigenvalue weighted by atomic mass is 16.4. The number of fused-ring (bicyclic) bond motifs is 1. The first-order chi connectivity index (χ1) is 14.0. The predicted octanol–water partition coefficient (Wildman–Crippen LogP) is 4.66. The Hall–Kier alpha value is -2.30. The second-order valence-electron chi connectivity index (χ2n) is 10.2. The third-order valence-corrected chi connectivity index (χ3v) is 8.00. The Bertz CT molecular complexity index is 1020. The quantitative estimate of drug-likeness (QED) is 0.778. The van der Waals surface area contributed by atoms with Gasteiger partial charge in [-0.1, -0.05) is 18.2 Å². The largest absolute Gasteiger partial charge is 0.465 e. The molecule has 2 N–H and O–H groups in total. The van der Waals surface area contributed by atoms with Crippen LogP contribution in [0.25, 0.3) is 10.8 Å². The molecule has 1 aromatic carbocycles. The zero-order valence-electron chi connectivity index (χ0n) is 16.6. The molecule has 5 nitrogen and oxygen atoms in total. The maximum atomic E-state index is 13.4. The summed E-state index contributed by atoms with van der Waals surface area (Å²) in [7, 11) is 0. The van der Waals surface area contributed by atoms with E-state index in [0.717, 1.165) is 36.5 Å². The summed E-state index contributed by atoms with van der Waals surface area (Å²) >= 11 is 0. The normalized spacial score (nSPS) is 30.9. The fourth-order valence-corrected chi connectivity index (χ4v) is 6.40. The predicted molar refractivity (Wildman–Crippen MR) is 111 cm³/mol. The van der Waals surface area contributed by atoms with Crippen molar-refractivity contribution >= 4 is 16.9 Å². The number of rotatable bonds is 5. The Balaban J connectivity index is 1.32. The van der Waals surface area contributed by atoms with Crippen molar-refractivity contribution in [3.8, 4) is 0 Å². The molecule has 4 saturated carbocycles. The minimum atomic E-state index is -0.912. The third kappa shape index (κ3) is 2.89. The van der Waals surface area contributed by atoms with Gasteiger partial charge in [-0.3, -0.25) is 4.79 Å². The molecule has 0 atom stereocenters. The summed E-state index contributed by atoms with van der Waals surface area (Å²) < 4.78 is 2.12. The standard InChI is InChI=1S/C24H28N2O3/c27-22-19-4-2-1-3-18(19)20(13-26(22)21(14-5-6-14)15-7-8-15)16-9-24(10-16)11-17(12-24)25-23(28)29/h1-4,13-17,21,25H,5-12H2,(H,28,29). The smallest absolute Gasteiger partial charge is 0.404 e. The van der Waals surface area contributed by atoms with Crippen LogP contribution in [0.3, 0.4) is 0 Å². The monoisotopic (exact) mass is 392 g/mol. The molecular formula is C24H28N2O3. The molecule has 2 aromatic rings. The van der Waals surface area contributed by atoms with Crippen molar-refractivity contribution < 1.29 is 9.90 Å². The van der Waals surface area contributed by atoms with Crippen LogP contribution in [0.4, 0.5) is 4.79 Å². The van der Waals surface area contributed by atoms with Gasteiger partial charge in [-0.05, 0) is 91.6 Å². The topological polar surface area (TPSA) is 71.3 Å². The second-order valence-corrected chi connectivity index (χ2v) is 10.2. The first-order valence-corrected chi connectivity index (χ1v) is 11.2. The molecule has 1 spiro atoms. The lowest BCUT2D eigenvalue weighted by Crippen LogP contribution is -2.55. The van der Waals surface area contributed by atoms with Crippen LogP contribution in [0.5, 0.6) is 0 Å². The first kappa shape index (κ1) is 17.5. The van der Waals surface area contributed by atoms with Crippen molar-refractivity contribution in [1.82, 2.24) is 9.88 Å². The minimum absolute atomic E-state index is 0.119. The zero-order valence-corrected chi connectivity index (χ0v) is 16.6. The fraction of sp³-hybridized carbons (Fsp3) is 0.583. The van der Waals surface area contributed by atoms with Crippen LogP contribution in [-0.4, -0.2) is 21.8 Å². The number of aromatic nitrogens is 1. The van der Waals surface area contributed by atoms with Crippen LogP contribution in [-0.2, 0) is 0 Å². The summed E-state index contributed by atoms with van der Waals surface area (Å²) in [5.41, 5.74) is 1.84. The third-order valence-electron chi connectivity index (χ3n) is 8.00. The van der Waals surface area contributed by atoms with Gasteiger partial charge in [-0.2, -0.15) is 0 Å². The van der Waals surface area contributed by atoms with Gasteiger partial charge < -0.3 is 15.0 Å². The van der Waals surface area contributed by atoms with Crippen LogP contribution in [0, 0.1) is 17.3 Å². The van der Waals surface area contributed by atoms with Gasteiger partial charge in [0, 0.05) is 23.7 Å². The Labute approximate surface area is 170 Å². The molecule has 4 aliphatic carbocycles. The Morgan fingerprint density at radius 1 is 1.03 bits per heavy atom. The molecule has 152 valence electrons. The summed E-state index contributed by atoms with van der Waals surface area (Å²) in [5, 5.41) is 13.5. The maximum absolute atomic E-state index is 13.4. The van der Waals surface area contributed by atoms with Crippen LogP contribution in [0.2, 0.25) is 0 Å². The number of carboxylic acid groups (broad SMARTS) is 1. The van der Waals surface area contributed by atoms with E-state index in [0.29, 0.717) is 29.2 Å². The summed E-state index contributed by atoms with van der Waals surface area (Å²) in [6, 6.07) is 8.65. The average molecular weight is 392 g/mol. The molecule has 1 aromatic heterocycles. The molecular weight excluding hydrogens is 364 g/mol. The lowest BCUT2D eigenvalue weighted by molar-refractivity contribution is -0.0185. The highest BCUT2D eigenvalue weighted by molar-refractivity contribution is 5.85. The summed E-state index contributed by atoms with van der Waals surface area (Å²) in [4.78, 5) is 24.2. The maximum Gasteiger partial charge on any atom is 0.404 e. The van der Waals surface area contributed by atoms with Gasteiger partial charge in [-0.15, -0.1) is 0 Å². The van der Waals surface area contributed by atoms with Crippen LogP contribution in [0.1, 0.15) is 68.9 Å². The molecule has 0 unspecified atom stereocenters. The number of hydrogen-bond acceptors (Lipinski definition) is 2. The molecule has 0 radical (unpaired) electrons. The van der Waals surface area contributed by atoms with Gasteiger partial charge in [0.25, 0.3) is 5.56 Å². The number of hydrogen-bond donors (Lipinski definition) is 2. The SMILES string of the molecule is O=C(O)NC1CC2(C1)CC(c1cn(C(C3CC3)C3CC3)c(=O)c3ccccc13)C2. The van der Waals surface area contributed by atoms with Crippen LogP contribution >= 0.6 is 0 Å². The van der Waals surface area contributed by atoms with Gasteiger partial charge in [0.1, 0.15) is 0 Å². The fourth-order valence-electron chi connectivity index (χ4n) is 6.40. The molecule has 1 heterocycles. The number of nitrogens with zero attached hydrogens (tertiary/aromatic N) is 1. The molecule has 5 heteroatoms. The van der Waals surface area contributed by atoms with Gasteiger partial charge in [0.2, 0.25) is 0 Å². The minimum Gasteiger partial charge on any atom is -0.465 e. The Morgan fingerprint density at radius 2 is 1.66 bits per heavy atom. The molecule has 0 bridgehead atoms. The van der Waals surface area contributed by atoms with E-state index in [-0.39, 0.29) is 11.6 Å². The van der Waals surface area contributed by atoms with Crippen molar-refractivity contribution in [2.75, 3.05) is 0 Å². The van der Waals surface area contributed by atoms with E-state index in [1.807, 2.05) is 18.2 Å².